The van der Waals surface area contributed by atoms with E-state index in [0.29, 0.717) is 11.8 Å². The minimum Gasteiger partial charge on any atom is -0.244 e. The first kappa shape index (κ1) is 17.2. The van der Waals surface area contributed by atoms with Crippen LogP contribution in [0, 0.1) is 29.6 Å². The van der Waals surface area contributed by atoms with Gasteiger partial charge in [-0.1, -0.05) is 52.9 Å². The van der Waals surface area contributed by atoms with Crippen molar-refractivity contribution in [3.05, 3.63) is 0 Å². The Balaban J connectivity index is 1.95. The van der Waals surface area contributed by atoms with Gasteiger partial charge in [-0.3, -0.25) is 0 Å². The summed E-state index contributed by atoms with van der Waals surface area (Å²) in [6.07, 6.45) is 7.23. The molecular formula is C19H34F2. The highest BCUT2D eigenvalue weighted by Crippen LogP contribution is 2.46. The van der Waals surface area contributed by atoms with E-state index in [1.165, 1.54) is 12.8 Å². The maximum atomic E-state index is 14.7. The third kappa shape index (κ3) is 3.99. The Bertz CT molecular complexity index is 296. The summed E-state index contributed by atoms with van der Waals surface area (Å²) in [5.74, 6) is 1.59. The van der Waals surface area contributed by atoms with Crippen molar-refractivity contribution in [1.29, 1.82) is 0 Å². The molecule has 0 spiro atoms. The highest BCUT2D eigenvalue weighted by molar-refractivity contribution is 4.94. The van der Waals surface area contributed by atoms with E-state index in [1.54, 1.807) is 0 Å². The fraction of sp³-hybridized carbons (Fsp3) is 1.00. The van der Waals surface area contributed by atoms with Crippen LogP contribution in [0.25, 0.3) is 0 Å². The molecule has 5 atom stereocenters. The van der Waals surface area contributed by atoms with Crippen LogP contribution in [0.5, 0.6) is 0 Å². The van der Waals surface area contributed by atoms with Crippen LogP contribution < -0.4 is 0 Å². The SMILES string of the molecule is CCCC(CC)C1CCC(C2CCC(C)CC2)C(F)C1F. The predicted molar refractivity (Wildman–Crippen MR) is 85.8 cm³/mol. The van der Waals surface area contributed by atoms with Crippen molar-refractivity contribution in [1.82, 2.24) is 0 Å². The van der Waals surface area contributed by atoms with E-state index in [0.717, 1.165) is 50.9 Å². The number of rotatable bonds is 5. The van der Waals surface area contributed by atoms with E-state index in [1.807, 2.05) is 0 Å². The summed E-state index contributed by atoms with van der Waals surface area (Å²) in [6.45, 7) is 6.57. The Morgan fingerprint density at radius 2 is 1.57 bits per heavy atom. The van der Waals surface area contributed by atoms with Crippen molar-refractivity contribution < 1.29 is 8.78 Å². The third-order valence-electron chi connectivity index (χ3n) is 6.41. The molecule has 0 amide bonds. The number of hydrogen-bond donors (Lipinski definition) is 0. The summed E-state index contributed by atoms with van der Waals surface area (Å²) in [4.78, 5) is 0. The topological polar surface area (TPSA) is 0 Å². The van der Waals surface area contributed by atoms with Crippen molar-refractivity contribution in [2.75, 3.05) is 0 Å². The van der Waals surface area contributed by atoms with Gasteiger partial charge in [0.2, 0.25) is 0 Å². The highest BCUT2D eigenvalue weighted by atomic mass is 19.2. The first-order valence-corrected chi connectivity index (χ1v) is 9.36. The molecule has 2 saturated carbocycles. The summed E-state index contributed by atoms with van der Waals surface area (Å²) in [5, 5.41) is 0. The van der Waals surface area contributed by atoms with Gasteiger partial charge >= 0.3 is 0 Å². The van der Waals surface area contributed by atoms with Crippen LogP contribution in [0.1, 0.15) is 78.6 Å². The van der Waals surface area contributed by atoms with E-state index in [-0.39, 0.29) is 11.8 Å². The average Bonchev–Trinajstić information content (AvgIpc) is 2.49. The van der Waals surface area contributed by atoms with Crippen LogP contribution in [0.15, 0.2) is 0 Å². The van der Waals surface area contributed by atoms with Gasteiger partial charge in [-0.25, -0.2) is 8.78 Å². The Morgan fingerprint density at radius 1 is 0.905 bits per heavy atom. The summed E-state index contributed by atoms with van der Waals surface area (Å²) in [5.41, 5.74) is 0. The molecule has 2 aliphatic rings. The molecule has 124 valence electrons. The molecule has 2 aliphatic carbocycles. The van der Waals surface area contributed by atoms with Crippen molar-refractivity contribution in [2.45, 2.75) is 90.9 Å². The van der Waals surface area contributed by atoms with Gasteiger partial charge in [0.15, 0.2) is 0 Å². The second-order valence-electron chi connectivity index (χ2n) is 7.77. The van der Waals surface area contributed by atoms with E-state index >= 15 is 0 Å². The second kappa shape index (κ2) is 7.92. The molecule has 2 heteroatoms. The molecule has 0 radical (unpaired) electrons. The molecule has 5 unspecified atom stereocenters. The minimum atomic E-state index is -1.21. The number of alkyl halides is 2. The lowest BCUT2D eigenvalue weighted by Crippen LogP contribution is -2.44. The third-order valence-corrected chi connectivity index (χ3v) is 6.41. The van der Waals surface area contributed by atoms with Crippen molar-refractivity contribution >= 4 is 0 Å². The van der Waals surface area contributed by atoms with Crippen LogP contribution in [0.2, 0.25) is 0 Å². The first-order chi connectivity index (χ1) is 10.1. The van der Waals surface area contributed by atoms with Crippen molar-refractivity contribution in [3.8, 4) is 0 Å². The smallest absolute Gasteiger partial charge is 0.134 e. The lowest BCUT2D eigenvalue weighted by Gasteiger charge is -2.43. The molecule has 21 heavy (non-hydrogen) atoms. The van der Waals surface area contributed by atoms with Crippen LogP contribution in [0.4, 0.5) is 8.78 Å². The molecule has 0 bridgehead atoms. The van der Waals surface area contributed by atoms with Crippen LogP contribution in [0.3, 0.4) is 0 Å². The zero-order chi connectivity index (χ0) is 15.4. The maximum Gasteiger partial charge on any atom is 0.134 e. The molecular weight excluding hydrogens is 266 g/mol. The van der Waals surface area contributed by atoms with Crippen molar-refractivity contribution in [2.24, 2.45) is 29.6 Å². The number of hydrogen-bond acceptors (Lipinski definition) is 0. The van der Waals surface area contributed by atoms with Gasteiger partial charge in [-0.15, -0.1) is 0 Å². The zero-order valence-corrected chi connectivity index (χ0v) is 14.2. The fourth-order valence-electron chi connectivity index (χ4n) is 4.97. The average molecular weight is 300 g/mol. The minimum absolute atomic E-state index is 0.00267. The van der Waals surface area contributed by atoms with Gasteiger partial charge in [0.1, 0.15) is 12.3 Å². The quantitative estimate of drug-likeness (QED) is 0.555. The van der Waals surface area contributed by atoms with Crippen LogP contribution >= 0.6 is 0 Å². The van der Waals surface area contributed by atoms with E-state index < -0.39 is 12.3 Å². The molecule has 0 aliphatic heterocycles. The van der Waals surface area contributed by atoms with Crippen LogP contribution in [-0.2, 0) is 0 Å². The first-order valence-electron chi connectivity index (χ1n) is 9.36. The summed E-state index contributed by atoms with van der Waals surface area (Å²) >= 11 is 0. The molecule has 0 aromatic carbocycles. The highest BCUT2D eigenvalue weighted by Gasteiger charge is 2.45. The van der Waals surface area contributed by atoms with Crippen LogP contribution in [-0.4, -0.2) is 12.3 Å². The van der Waals surface area contributed by atoms with Crippen molar-refractivity contribution in [3.63, 3.8) is 0 Å². The van der Waals surface area contributed by atoms with Gasteiger partial charge in [0.05, 0.1) is 0 Å². The lowest BCUT2D eigenvalue weighted by molar-refractivity contribution is -0.0308. The van der Waals surface area contributed by atoms with Gasteiger partial charge in [0, 0.05) is 0 Å². The Labute approximate surface area is 130 Å². The van der Waals surface area contributed by atoms with Gasteiger partial charge in [-0.05, 0) is 55.3 Å². The normalized spacial score (nSPS) is 42.7. The zero-order valence-electron chi connectivity index (χ0n) is 14.2. The number of halogens is 2. The van der Waals surface area contributed by atoms with E-state index in [2.05, 4.69) is 20.8 Å². The Kier molecular flexibility index (Phi) is 6.50. The molecule has 2 rings (SSSR count). The molecule has 0 aromatic rings. The Morgan fingerprint density at radius 3 is 2.14 bits per heavy atom. The largest absolute Gasteiger partial charge is 0.244 e. The second-order valence-corrected chi connectivity index (χ2v) is 7.77. The fourth-order valence-corrected chi connectivity index (χ4v) is 4.97. The standard InChI is InChI=1S/C19H34F2/c1-4-6-14(5-2)16-11-12-17(19(21)18(16)20)15-9-7-13(3)8-10-15/h13-19H,4-12H2,1-3H3. The molecule has 0 heterocycles. The van der Waals surface area contributed by atoms with E-state index in [9.17, 15) is 8.78 Å². The molecule has 0 saturated heterocycles. The molecule has 0 N–H and O–H groups in total. The van der Waals surface area contributed by atoms with Gasteiger partial charge < -0.3 is 0 Å². The summed E-state index contributed by atoms with van der Waals surface area (Å²) in [7, 11) is 0. The molecule has 2 fully saturated rings. The monoisotopic (exact) mass is 300 g/mol. The summed E-state index contributed by atoms with van der Waals surface area (Å²) < 4.78 is 29.4. The van der Waals surface area contributed by atoms with E-state index in [4.69, 9.17) is 0 Å². The maximum absolute atomic E-state index is 14.7. The van der Waals surface area contributed by atoms with Gasteiger partial charge in [0.25, 0.3) is 0 Å². The lowest BCUT2D eigenvalue weighted by atomic mass is 9.65. The predicted octanol–water partition coefficient (Wildman–Crippen LogP) is 6.34. The molecule has 0 nitrogen and oxygen atoms in total. The van der Waals surface area contributed by atoms with Gasteiger partial charge in [-0.2, -0.15) is 0 Å². The Hall–Kier alpha value is -0.140. The summed E-state index contributed by atoms with van der Waals surface area (Å²) in [6, 6.07) is 0. The molecule has 0 aromatic heterocycles.